The highest BCUT2D eigenvalue weighted by molar-refractivity contribution is 7.94. The quantitative estimate of drug-likeness (QED) is 0.00671. The van der Waals surface area contributed by atoms with Gasteiger partial charge in [-0.25, -0.2) is 27.4 Å². The predicted octanol–water partition coefficient (Wildman–Crippen LogP) is 9.22. The highest BCUT2D eigenvalue weighted by Crippen LogP contribution is 2.49. The van der Waals surface area contributed by atoms with Gasteiger partial charge in [-0.05, 0) is 102 Å². The van der Waals surface area contributed by atoms with Gasteiger partial charge in [0.15, 0.2) is 27.9 Å². The Hall–Kier alpha value is -6.39. The average Bonchev–Trinajstić information content (AvgIpc) is 3.29. The standard InChI is InChI=1S/C37H33N9O16S5/c1-57-30-20-22(38)2-15-29(30)43-40-23-3-5-26(6-4-23)46-66(52,53)28-13-9-25(10-14-28)42-45-36-32(67(54,55)56)19-21-18-31(63-61-59-48)35(37(47)33(21)34(36)39)44-41-24-7-11-27(12-8-24)65(50,51)17-16-58-64-62-60-49/h2-15,18-20,46-49H,16-17,38-39H2,1H3,(H,54,55,56)/b43-40+,44-41+,45-42+. The number of rotatable bonds is 21. The molecule has 0 radical (unpaired) electrons. The number of benzene rings is 6. The number of hydrogen-bond acceptors (Lipinski definition) is 25. The van der Waals surface area contributed by atoms with Crippen molar-refractivity contribution in [1.82, 2.24) is 0 Å². The zero-order valence-corrected chi connectivity index (χ0v) is 37.9. The number of nitrogens with two attached hydrogens (primary N) is 2. The van der Waals surface area contributed by atoms with Crippen LogP contribution in [-0.2, 0) is 52.9 Å². The topological polar surface area (TPSA) is 377 Å². The average molecular weight is 1020 g/mol. The fraction of sp³-hybridized carbons (Fsp3) is 0.0811. The number of phenols is 1. The lowest BCUT2D eigenvalue weighted by atomic mass is 10.1. The summed E-state index contributed by atoms with van der Waals surface area (Å²) >= 11 is 0.514. The fourth-order valence-electron chi connectivity index (χ4n) is 5.68. The predicted molar refractivity (Wildman–Crippen MR) is 241 cm³/mol. The van der Waals surface area contributed by atoms with Crippen molar-refractivity contribution in [3.05, 3.63) is 103 Å². The molecule has 25 nitrogen and oxygen atoms in total. The van der Waals surface area contributed by atoms with Crippen molar-refractivity contribution < 1.29 is 73.1 Å². The molecule has 0 aliphatic rings. The van der Waals surface area contributed by atoms with E-state index >= 15 is 0 Å². The molecule has 0 saturated heterocycles. The van der Waals surface area contributed by atoms with Crippen LogP contribution in [-0.4, -0.2) is 64.9 Å². The van der Waals surface area contributed by atoms with E-state index in [0.717, 1.165) is 6.07 Å². The Morgan fingerprint density at radius 1 is 0.687 bits per heavy atom. The molecule has 0 atom stereocenters. The molecule has 6 aromatic carbocycles. The molecule has 6 rings (SSSR count). The number of nitrogen functional groups attached to an aromatic ring is 2. The number of nitrogens with one attached hydrogen (secondary N) is 1. The molecule has 0 aliphatic heterocycles. The van der Waals surface area contributed by atoms with Crippen molar-refractivity contribution in [3.63, 3.8) is 0 Å². The third-order valence-corrected chi connectivity index (χ3v) is 13.7. The van der Waals surface area contributed by atoms with Crippen LogP contribution in [0.2, 0.25) is 0 Å². The van der Waals surface area contributed by atoms with E-state index in [0.29, 0.717) is 34.9 Å². The molecular weight excluding hydrogens is 987 g/mol. The number of hydrogen-bond donors (Lipinski definition) is 7. The van der Waals surface area contributed by atoms with E-state index in [9.17, 15) is 34.9 Å². The Balaban J connectivity index is 1.24. The van der Waals surface area contributed by atoms with E-state index in [4.69, 9.17) is 30.9 Å². The molecule has 0 spiro atoms. The minimum Gasteiger partial charge on any atom is -0.505 e. The van der Waals surface area contributed by atoms with E-state index in [1.54, 1.807) is 18.2 Å². The summed E-state index contributed by atoms with van der Waals surface area (Å²) in [5.74, 6) is -0.781. The van der Waals surface area contributed by atoms with Crippen molar-refractivity contribution in [2.75, 3.05) is 35.7 Å². The third-order valence-electron chi connectivity index (χ3n) is 8.76. The number of ether oxygens (including phenoxy) is 1. The Morgan fingerprint density at radius 2 is 1.27 bits per heavy atom. The second kappa shape index (κ2) is 21.9. The lowest BCUT2D eigenvalue weighted by Crippen LogP contribution is -2.12. The number of sulfonamides is 1. The maximum Gasteiger partial charge on any atom is 0.296 e. The van der Waals surface area contributed by atoms with Crippen molar-refractivity contribution in [2.24, 2.45) is 30.7 Å². The molecule has 0 saturated carbocycles. The van der Waals surface area contributed by atoms with Gasteiger partial charge in [-0.2, -0.15) is 23.8 Å². The molecule has 0 heterocycles. The molecule has 352 valence electrons. The number of fused-ring (bicyclic) bond motifs is 1. The number of nitrogens with zero attached hydrogens (tertiary/aromatic N) is 6. The van der Waals surface area contributed by atoms with Crippen LogP contribution in [0.3, 0.4) is 0 Å². The third kappa shape index (κ3) is 12.7. The van der Waals surface area contributed by atoms with Crippen molar-refractivity contribution in [3.8, 4) is 11.5 Å². The van der Waals surface area contributed by atoms with Crippen LogP contribution in [0.15, 0.2) is 153 Å². The van der Waals surface area contributed by atoms with Gasteiger partial charge in [-0.1, -0.05) is 10.1 Å². The summed E-state index contributed by atoms with van der Waals surface area (Å²) in [4.78, 5) is -1.28. The summed E-state index contributed by atoms with van der Waals surface area (Å²) in [5.41, 5.74) is 12.3. The second-order valence-corrected chi connectivity index (χ2v) is 19.5. The normalized spacial score (nSPS) is 12.5. The lowest BCUT2D eigenvalue weighted by molar-refractivity contribution is -0.434. The maximum absolute atomic E-state index is 13.2. The first-order valence-electron chi connectivity index (χ1n) is 18.2. The molecule has 0 aliphatic carbocycles. The summed E-state index contributed by atoms with van der Waals surface area (Å²) < 4.78 is 108. The lowest BCUT2D eigenvalue weighted by Gasteiger charge is -2.14. The highest BCUT2D eigenvalue weighted by atomic mass is 32.2. The van der Waals surface area contributed by atoms with Gasteiger partial charge in [0.25, 0.3) is 20.1 Å². The van der Waals surface area contributed by atoms with Crippen LogP contribution in [0.25, 0.3) is 10.8 Å². The number of sulfone groups is 1. The first-order chi connectivity index (χ1) is 31.9. The number of azo groups is 3. The first kappa shape index (κ1) is 50.0. The van der Waals surface area contributed by atoms with Crippen molar-refractivity contribution >= 4 is 116 Å². The van der Waals surface area contributed by atoms with E-state index in [2.05, 4.69) is 54.2 Å². The smallest absolute Gasteiger partial charge is 0.296 e. The largest absolute Gasteiger partial charge is 0.505 e. The molecule has 0 bridgehead atoms. The number of aromatic hydroxyl groups is 1. The molecule has 0 fully saturated rings. The Morgan fingerprint density at radius 3 is 1.87 bits per heavy atom. The summed E-state index contributed by atoms with van der Waals surface area (Å²) in [5, 5.41) is 59.4. The SMILES string of the molecule is COc1cc(N)ccc1/N=N/c1ccc(NS(=O)(=O)c2ccc(/N=N/c3c(S(=O)(=O)O)cc4cc(SOOO)c(/N=N/c5ccc(S(=O)(=O)CCOSOOO)cc5)c(O)c4c3N)cc2)cc1. The minimum absolute atomic E-state index is 0.00713. The summed E-state index contributed by atoms with van der Waals surface area (Å²) in [6, 6.07) is 22.9. The Bertz CT molecular complexity index is 3180. The van der Waals surface area contributed by atoms with E-state index < -0.39 is 57.8 Å². The fourth-order valence-corrected chi connectivity index (χ4v) is 9.31. The molecular formula is C37H33N9O16S5. The van der Waals surface area contributed by atoms with E-state index in [1.807, 2.05) is 0 Å². The number of methoxy groups -OCH3 is 1. The Kier molecular flexibility index (Phi) is 16.4. The molecule has 0 aromatic heterocycles. The van der Waals surface area contributed by atoms with Crippen LogP contribution < -0.4 is 20.9 Å². The number of phenolic OH excluding ortho intramolecular Hbond substituents is 1. The van der Waals surface area contributed by atoms with E-state index in [1.165, 1.54) is 86.0 Å². The van der Waals surface area contributed by atoms with Gasteiger partial charge in [0.2, 0.25) is 0 Å². The molecule has 67 heavy (non-hydrogen) atoms. The maximum atomic E-state index is 13.2. The van der Waals surface area contributed by atoms with Gasteiger partial charge in [-0.15, -0.1) is 24.0 Å². The molecule has 30 heteroatoms. The zero-order chi connectivity index (χ0) is 48.4. The van der Waals surface area contributed by atoms with Crippen molar-refractivity contribution in [1.29, 1.82) is 0 Å². The minimum atomic E-state index is -5.09. The zero-order valence-electron chi connectivity index (χ0n) is 33.8. The van der Waals surface area contributed by atoms with Crippen molar-refractivity contribution in [2.45, 2.75) is 19.6 Å². The molecule has 0 amide bonds. The summed E-state index contributed by atoms with van der Waals surface area (Å²) in [6.45, 7) is -0.326. The van der Waals surface area contributed by atoms with Crippen LogP contribution in [0, 0.1) is 0 Å². The van der Waals surface area contributed by atoms with Crippen LogP contribution in [0.5, 0.6) is 11.5 Å². The monoisotopic (exact) mass is 1020 g/mol. The van der Waals surface area contributed by atoms with E-state index in [-0.39, 0.29) is 67.1 Å². The number of anilines is 3. The summed E-state index contributed by atoms with van der Waals surface area (Å²) in [7, 11) is -11.6. The molecule has 6 aromatic rings. The van der Waals surface area contributed by atoms with Gasteiger partial charge in [0, 0.05) is 17.4 Å². The van der Waals surface area contributed by atoms with Gasteiger partial charge in [0.1, 0.15) is 27.7 Å². The van der Waals surface area contributed by atoms with Crippen LogP contribution in [0.4, 0.5) is 51.2 Å². The Labute approximate surface area is 388 Å². The van der Waals surface area contributed by atoms with Crippen LogP contribution in [0.1, 0.15) is 0 Å². The van der Waals surface area contributed by atoms with Crippen LogP contribution >= 0.6 is 24.4 Å². The van der Waals surface area contributed by atoms with Gasteiger partial charge in [-0.3, -0.25) is 13.5 Å². The van der Waals surface area contributed by atoms with Gasteiger partial charge >= 0.3 is 0 Å². The highest BCUT2D eigenvalue weighted by Gasteiger charge is 2.26. The molecule has 9 N–H and O–H groups in total. The second-order valence-electron chi connectivity index (χ2n) is 13.0. The molecule has 0 unspecified atom stereocenters. The van der Waals surface area contributed by atoms with Gasteiger partial charge in [0.05, 0.1) is 74.3 Å². The first-order valence-corrected chi connectivity index (χ1v) is 24.2. The summed E-state index contributed by atoms with van der Waals surface area (Å²) in [6.07, 6.45) is 0. The van der Waals surface area contributed by atoms with Gasteiger partial charge < -0.3 is 21.3 Å².